The largest absolute Gasteiger partial charge is 0.492 e. The van der Waals surface area contributed by atoms with Crippen LogP contribution in [0.25, 0.3) is 0 Å². The van der Waals surface area contributed by atoms with Gasteiger partial charge >= 0.3 is 0 Å². The smallest absolute Gasteiger partial charge is 0.269 e. The van der Waals surface area contributed by atoms with Crippen LogP contribution in [0.4, 0.5) is 0 Å². The number of carbonyl (C=O) groups excluding carboxylic acids is 1. The SMILES string of the molecule is CN(C)C(=O)c1ccc(CN[C@H]2CCc3ccccc3OC2)[nH]1. The van der Waals surface area contributed by atoms with E-state index < -0.39 is 0 Å². The maximum atomic E-state index is 11.9. The number of carbonyl (C=O) groups is 1. The molecule has 0 radical (unpaired) electrons. The first-order valence-electron chi connectivity index (χ1n) is 7.97. The summed E-state index contributed by atoms with van der Waals surface area (Å²) < 4.78 is 5.89. The highest BCUT2D eigenvalue weighted by Gasteiger charge is 2.17. The van der Waals surface area contributed by atoms with E-state index in [2.05, 4.69) is 22.4 Å². The van der Waals surface area contributed by atoms with Gasteiger partial charge in [0.15, 0.2) is 0 Å². The second-order valence-electron chi connectivity index (χ2n) is 6.13. The molecule has 2 N–H and O–H groups in total. The minimum Gasteiger partial charge on any atom is -0.492 e. The van der Waals surface area contributed by atoms with E-state index in [0.29, 0.717) is 24.9 Å². The van der Waals surface area contributed by atoms with Crippen LogP contribution in [-0.4, -0.2) is 42.5 Å². The molecule has 23 heavy (non-hydrogen) atoms. The number of H-pyrrole nitrogens is 1. The molecule has 1 aromatic heterocycles. The summed E-state index contributed by atoms with van der Waals surface area (Å²) in [6.45, 7) is 1.37. The van der Waals surface area contributed by atoms with Gasteiger partial charge in [0.2, 0.25) is 0 Å². The van der Waals surface area contributed by atoms with Crippen molar-refractivity contribution in [3.05, 3.63) is 53.3 Å². The lowest BCUT2D eigenvalue weighted by molar-refractivity contribution is 0.0822. The third kappa shape index (κ3) is 3.74. The van der Waals surface area contributed by atoms with Crippen molar-refractivity contribution in [2.24, 2.45) is 0 Å². The highest BCUT2D eigenvalue weighted by Crippen LogP contribution is 2.23. The molecule has 1 aromatic carbocycles. The van der Waals surface area contributed by atoms with Gasteiger partial charge in [-0.3, -0.25) is 4.79 Å². The van der Waals surface area contributed by atoms with Crippen LogP contribution in [0.1, 0.15) is 28.2 Å². The van der Waals surface area contributed by atoms with E-state index >= 15 is 0 Å². The number of ether oxygens (including phenoxy) is 1. The number of hydrogen-bond donors (Lipinski definition) is 2. The summed E-state index contributed by atoms with van der Waals surface area (Å²) >= 11 is 0. The average Bonchev–Trinajstić information content (AvgIpc) is 2.93. The van der Waals surface area contributed by atoms with E-state index in [-0.39, 0.29) is 5.91 Å². The van der Waals surface area contributed by atoms with E-state index in [1.165, 1.54) is 5.56 Å². The number of aryl methyl sites for hydroxylation is 1. The van der Waals surface area contributed by atoms with Gasteiger partial charge in [-0.1, -0.05) is 18.2 Å². The summed E-state index contributed by atoms with van der Waals surface area (Å²) in [6.07, 6.45) is 2.06. The maximum Gasteiger partial charge on any atom is 0.269 e. The Kier molecular flexibility index (Phi) is 4.67. The molecular weight excluding hydrogens is 290 g/mol. The van der Waals surface area contributed by atoms with Gasteiger partial charge in [-0.05, 0) is 36.6 Å². The summed E-state index contributed by atoms with van der Waals surface area (Å²) in [5, 5.41) is 3.51. The molecule has 0 aliphatic carbocycles. The van der Waals surface area contributed by atoms with Crippen LogP contribution in [0, 0.1) is 0 Å². The number of benzene rings is 1. The summed E-state index contributed by atoms with van der Waals surface area (Å²) in [7, 11) is 3.50. The first kappa shape index (κ1) is 15.6. The Morgan fingerprint density at radius 2 is 2.13 bits per heavy atom. The van der Waals surface area contributed by atoms with Gasteiger partial charge in [-0.25, -0.2) is 0 Å². The van der Waals surface area contributed by atoms with Crippen LogP contribution in [0.2, 0.25) is 0 Å². The Morgan fingerprint density at radius 1 is 1.30 bits per heavy atom. The number of fused-ring (bicyclic) bond motifs is 1. The molecule has 0 saturated carbocycles. The topological polar surface area (TPSA) is 57.4 Å². The van der Waals surface area contributed by atoms with Gasteiger partial charge in [-0.15, -0.1) is 0 Å². The number of aromatic nitrogens is 1. The summed E-state index contributed by atoms with van der Waals surface area (Å²) in [4.78, 5) is 16.6. The van der Waals surface area contributed by atoms with Crippen LogP contribution in [0.5, 0.6) is 5.75 Å². The second-order valence-corrected chi connectivity index (χ2v) is 6.13. The predicted molar refractivity (Wildman–Crippen MR) is 89.7 cm³/mol. The summed E-state index contributed by atoms with van der Waals surface area (Å²) in [5.74, 6) is 0.986. The lowest BCUT2D eigenvalue weighted by Crippen LogP contribution is -2.33. The molecule has 0 spiro atoms. The normalized spacial score (nSPS) is 17.0. The molecular formula is C18H23N3O2. The Balaban J connectivity index is 1.54. The molecule has 3 rings (SSSR count). The summed E-state index contributed by atoms with van der Waals surface area (Å²) in [6, 6.07) is 12.3. The summed E-state index contributed by atoms with van der Waals surface area (Å²) in [5.41, 5.74) is 2.91. The molecule has 1 aliphatic rings. The number of nitrogens with zero attached hydrogens (tertiary/aromatic N) is 1. The zero-order valence-electron chi connectivity index (χ0n) is 13.6. The van der Waals surface area contributed by atoms with Crippen LogP contribution in [0.3, 0.4) is 0 Å². The van der Waals surface area contributed by atoms with E-state index in [0.717, 1.165) is 24.3 Å². The molecule has 5 nitrogen and oxygen atoms in total. The fourth-order valence-electron chi connectivity index (χ4n) is 2.78. The first-order chi connectivity index (χ1) is 11.1. The van der Waals surface area contributed by atoms with Crippen molar-refractivity contribution in [1.29, 1.82) is 0 Å². The van der Waals surface area contributed by atoms with Gasteiger partial charge in [0.05, 0.1) is 0 Å². The Hall–Kier alpha value is -2.27. The second kappa shape index (κ2) is 6.87. The lowest BCUT2D eigenvalue weighted by Gasteiger charge is -2.15. The maximum absolute atomic E-state index is 11.9. The zero-order valence-corrected chi connectivity index (χ0v) is 13.6. The van der Waals surface area contributed by atoms with Crippen molar-refractivity contribution in [3.63, 3.8) is 0 Å². The van der Waals surface area contributed by atoms with Crippen molar-refractivity contribution >= 4 is 5.91 Å². The number of para-hydroxylation sites is 1. The van der Waals surface area contributed by atoms with Crippen LogP contribution >= 0.6 is 0 Å². The third-order valence-corrected chi connectivity index (χ3v) is 4.14. The fourth-order valence-corrected chi connectivity index (χ4v) is 2.78. The standard InChI is InChI=1S/C18H23N3O2/c1-21(2)18(22)16-10-9-14(20-16)11-19-15-8-7-13-5-3-4-6-17(13)23-12-15/h3-6,9-10,15,19-20H,7-8,11-12H2,1-2H3/t15-/m0/s1. The van der Waals surface area contributed by atoms with E-state index in [4.69, 9.17) is 4.74 Å². The molecule has 5 heteroatoms. The molecule has 0 fully saturated rings. The Labute approximate surface area is 136 Å². The predicted octanol–water partition coefficient (Wildman–Crippen LogP) is 2.20. The highest BCUT2D eigenvalue weighted by atomic mass is 16.5. The third-order valence-electron chi connectivity index (χ3n) is 4.14. The molecule has 1 aliphatic heterocycles. The highest BCUT2D eigenvalue weighted by molar-refractivity contribution is 5.92. The molecule has 2 aromatic rings. The van der Waals surface area contributed by atoms with Gasteiger partial charge in [0.25, 0.3) is 5.91 Å². The van der Waals surface area contributed by atoms with E-state index in [9.17, 15) is 4.79 Å². The van der Waals surface area contributed by atoms with E-state index in [1.807, 2.05) is 24.3 Å². The van der Waals surface area contributed by atoms with Gasteiger partial charge in [0.1, 0.15) is 18.1 Å². The van der Waals surface area contributed by atoms with Crippen LogP contribution in [-0.2, 0) is 13.0 Å². The number of hydrogen-bond acceptors (Lipinski definition) is 3. The van der Waals surface area contributed by atoms with Crippen LogP contribution in [0.15, 0.2) is 36.4 Å². The molecule has 1 amide bonds. The monoisotopic (exact) mass is 313 g/mol. The van der Waals surface area contributed by atoms with Crippen molar-refractivity contribution in [1.82, 2.24) is 15.2 Å². The molecule has 0 unspecified atom stereocenters. The van der Waals surface area contributed by atoms with Crippen LogP contribution < -0.4 is 10.1 Å². The molecule has 1 atom stereocenters. The first-order valence-corrected chi connectivity index (χ1v) is 7.97. The minimum atomic E-state index is -0.00972. The molecule has 0 bridgehead atoms. The Bertz CT molecular complexity index is 651. The van der Waals surface area contributed by atoms with Crippen molar-refractivity contribution in [2.45, 2.75) is 25.4 Å². The van der Waals surface area contributed by atoms with Crippen molar-refractivity contribution in [3.8, 4) is 5.75 Å². The molecule has 2 heterocycles. The number of nitrogens with one attached hydrogen (secondary N) is 2. The van der Waals surface area contributed by atoms with Crippen molar-refractivity contribution in [2.75, 3.05) is 20.7 Å². The van der Waals surface area contributed by atoms with Gasteiger partial charge in [0, 0.05) is 32.4 Å². The van der Waals surface area contributed by atoms with Gasteiger partial charge < -0.3 is 19.9 Å². The quantitative estimate of drug-likeness (QED) is 0.910. The number of rotatable bonds is 4. The number of aromatic amines is 1. The Morgan fingerprint density at radius 3 is 2.96 bits per heavy atom. The van der Waals surface area contributed by atoms with E-state index in [1.54, 1.807) is 19.0 Å². The molecule has 122 valence electrons. The molecule has 0 saturated heterocycles. The minimum absolute atomic E-state index is 0.00972. The lowest BCUT2D eigenvalue weighted by atomic mass is 10.1. The average molecular weight is 313 g/mol. The fraction of sp³-hybridized carbons (Fsp3) is 0.389. The number of amides is 1. The zero-order chi connectivity index (χ0) is 16.2. The van der Waals surface area contributed by atoms with Crippen molar-refractivity contribution < 1.29 is 9.53 Å². The van der Waals surface area contributed by atoms with Gasteiger partial charge in [-0.2, -0.15) is 0 Å².